The lowest BCUT2D eigenvalue weighted by Crippen LogP contribution is -2.02. The number of imidazole rings is 1. The fourth-order valence-corrected chi connectivity index (χ4v) is 2.91. The molecule has 0 saturated carbocycles. The van der Waals surface area contributed by atoms with Crippen molar-refractivity contribution in [2.75, 3.05) is 6.26 Å². The first kappa shape index (κ1) is 19.3. The molecule has 0 amide bonds. The van der Waals surface area contributed by atoms with Crippen molar-refractivity contribution in [3.8, 4) is 5.88 Å². The van der Waals surface area contributed by atoms with E-state index in [2.05, 4.69) is 15.5 Å². The number of benzene rings is 1. The smallest absolute Gasteiger partial charge is 0.232 e. The third kappa shape index (κ3) is 5.00. The van der Waals surface area contributed by atoms with Gasteiger partial charge in [0.05, 0.1) is 11.9 Å². The molecule has 3 rings (SSSR count). The van der Waals surface area contributed by atoms with Gasteiger partial charge in [-0.3, -0.25) is 0 Å². The first-order valence-electron chi connectivity index (χ1n) is 8.09. The average Bonchev–Trinajstić information content (AvgIpc) is 3.05. The number of halogens is 1. The van der Waals surface area contributed by atoms with Crippen molar-refractivity contribution in [3.05, 3.63) is 64.3 Å². The highest BCUT2D eigenvalue weighted by Crippen LogP contribution is 2.20. The molecule has 0 fully saturated rings. The molecular weight excluding hydrogens is 354 g/mol. The van der Waals surface area contributed by atoms with Crippen LogP contribution in [0.5, 0.6) is 5.88 Å². The monoisotopic (exact) mass is 375 g/mol. The molecule has 6 heteroatoms. The Kier molecular flexibility index (Phi) is 7.34. The molecule has 0 aliphatic carbocycles. The lowest BCUT2D eigenvalue weighted by molar-refractivity contribution is 0.289. The normalized spacial score (nSPS) is 11.2. The summed E-state index contributed by atoms with van der Waals surface area (Å²) in [4.78, 5) is 4.37. The van der Waals surface area contributed by atoms with E-state index in [1.54, 1.807) is 16.3 Å². The molecular formula is C19H22ClN3OS. The van der Waals surface area contributed by atoms with Gasteiger partial charge in [0, 0.05) is 11.1 Å². The van der Waals surface area contributed by atoms with Crippen molar-refractivity contribution in [1.29, 1.82) is 0 Å². The maximum absolute atomic E-state index is 5.98. The summed E-state index contributed by atoms with van der Waals surface area (Å²) >= 11 is 7.64. The molecule has 25 heavy (non-hydrogen) atoms. The van der Waals surface area contributed by atoms with E-state index in [1.807, 2.05) is 69.6 Å². The Balaban J connectivity index is 0.00000109. The number of fused-ring (bicyclic) bond motifs is 1. The van der Waals surface area contributed by atoms with Crippen LogP contribution in [-0.4, -0.2) is 20.9 Å². The number of allylic oxidation sites excluding steroid dienone is 1. The molecule has 0 spiro atoms. The quantitative estimate of drug-likeness (QED) is 0.572. The van der Waals surface area contributed by atoms with Gasteiger partial charge in [0.1, 0.15) is 6.61 Å². The Hall–Kier alpha value is -1.98. The molecule has 1 aromatic carbocycles. The zero-order valence-corrected chi connectivity index (χ0v) is 16.4. The Morgan fingerprint density at radius 2 is 2.08 bits per heavy atom. The minimum absolute atomic E-state index is 0.419. The molecule has 0 unspecified atom stereocenters. The summed E-state index contributed by atoms with van der Waals surface area (Å²) in [7, 11) is 0. The van der Waals surface area contributed by atoms with Crippen molar-refractivity contribution in [2.45, 2.75) is 27.4 Å². The number of hydrogen-bond acceptors (Lipinski definition) is 4. The second-order valence-electron chi connectivity index (χ2n) is 5.04. The minimum atomic E-state index is 0.419. The predicted octanol–water partition coefficient (Wildman–Crippen LogP) is 5.71. The third-order valence-corrected chi connectivity index (χ3v) is 4.14. The number of thioether (sulfide) groups is 1. The number of hydrogen-bond donors (Lipinski definition) is 0. The molecule has 0 aliphatic heterocycles. The van der Waals surface area contributed by atoms with Crippen LogP contribution in [0.4, 0.5) is 0 Å². The van der Waals surface area contributed by atoms with Crippen LogP contribution in [0.1, 0.15) is 32.0 Å². The number of rotatable bonds is 5. The molecule has 0 aliphatic rings. The zero-order chi connectivity index (χ0) is 18.2. The fraction of sp³-hybridized carbons (Fsp3) is 0.263. The van der Waals surface area contributed by atoms with Crippen LogP contribution in [-0.2, 0) is 6.61 Å². The van der Waals surface area contributed by atoms with Crippen LogP contribution in [0, 0.1) is 0 Å². The van der Waals surface area contributed by atoms with Gasteiger partial charge in [-0.05, 0) is 47.9 Å². The summed E-state index contributed by atoms with van der Waals surface area (Å²) < 4.78 is 7.58. The molecule has 0 radical (unpaired) electrons. The van der Waals surface area contributed by atoms with E-state index in [9.17, 15) is 0 Å². The highest BCUT2D eigenvalue weighted by molar-refractivity contribution is 8.01. The van der Waals surface area contributed by atoms with Crippen LogP contribution >= 0.6 is 23.4 Å². The Morgan fingerprint density at radius 1 is 1.28 bits per heavy atom. The van der Waals surface area contributed by atoms with Gasteiger partial charge in [0.2, 0.25) is 5.88 Å². The average molecular weight is 376 g/mol. The predicted molar refractivity (Wildman–Crippen MR) is 107 cm³/mol. The SMILES string of the molecule is CC.CS/C=C(\C)c1cnc2ccc(OCc3cccc(Cl)c3)nn12. The van der Waals surface area contributed by atoms with Gasteiger partial charge in [0.25, 0.3) is 0 Å². The summed E-state index contributed by atoms with van der Waals surface area (Å²) in [6, 6.07) is 11.3. The minimum Gasteiger partial charge on any atom is -0.472 e. The largest absolute Gasteiger partial charge is 0.472 e. The van der Waals surface area contributed by atoms with E-state index in [4.69, 9.17) is 16.3 Å². The van der Waals surface area contributed by atoms with E-state index in [-0.39, 0.29) is 0 Å². The Bertz CT molecular complexity index is 861. The summed E-state index contributed by atoms with van der Waals surface area (Å²) in [5.74, 6) is 0.550. The molecule has 2 heterocycles. The third-order valence-electron chi connectivity index (χ3n) is 3.31. The van der Waals surface area contributed by atoms with Gasteiger partial charge in [0.15, 0.2) is 5.65 Å². The van der Waals surface area contributed by atoms with Gasteiger partial charge >= 0.3 is 0 Å². The summed E-state index contributed by atoms with van der Waals surface area (Å²) in [5, 5.41) is 7.30. The first-order valence-corrected chi connectivity index (χ1v) is 9.76. The maximum atomic E-state index is 5.98. The number of ether oxygens (including phenoxy) is 1. The maximum Gasteiger partial charge on any atom is 0.232 e. The molecule has 0 saturated heterocycles. The fourth-order valence-electron chi connectivity index (χ4n) is 2.22. The Morgan fingerprint density at radius 3 is 2.80 bits per heavy atom. The van der Waals surface area contributed by atoms with E-state index in [1.165, 1.54) is 0 Å². The topological polar surface area (TPSA) is 39.4 Å². The van der Waals surface area contributed by atoms with Crippen LogP contribution < -0.4 is 4.74 Å². The van der Waals surface area contributed by atoms with E-state index < -0.39 is 0 Å². The van der Waals surface area contributed by atoms with Crippen LogP contribution in [0.2, 0.25) is 5.02 Å². The van der Waals surface area contributed by atoms with Crippen LogP contribution in [0.15, 0.2) is 48.0 Å². The first-order chi connectivity index (χ1) is 12.2. The zero-order valence-electron chi connectivity index (χ0n) is 14.9. The molecule has 3 aromatic rings. The molecule has 132 valence electrons. The van der Waals surface area contributed by atoms with Crippen molar-refractivity contribution >= 4 is 34.6 Å². The molecule has 4 nitrogen and oxygen atoms in total. The summed E-state index contributed by atoms with van der Waals surface area (Å²) in [6.07, 6.45) is 3.85. The van der Waals surface area contributed by atoms with Crippen molar-refractivity contribution < 1.29 is 4.74 Å². The van der Waals surface area contributed by atoms with E-state index >= 15 is 0 Å². The second-order valence-corrected chi connectivity index (χ2v) is 6.18. The van der Waals surface area contributed by atoms with Crippen molar-refractivity contribution in [3.63, 3.8) is 0 Å². The molecule has 2 aromatic heterocycles. The lowest BCUT2D eigenvalue weighted by atomic mass is 10.2. The van der Waals surface area contributed by atoms with Gasteiger partial charge in [-0.15, -0.1) is 16.9 Å². The highest BCUT2D eigenvalue weighted by atomic mass is 35.5. The van der Waals surface area contributed by atoms with E-state index in [0.717, 1.165) is 22.5 Å². The summed E-state index contributed by atoms with van der Waals surface area (Å²) in [6.45, 7) is 6.46. The second kappa shape index (κ2) is 9.49. The Labute approximate surface area is 157 Å². The van der Waals surface area contributed by atoms with Crippen LogP contribution in [0.3, 0.4) is 0 Å². The van der Waals surface area contributed by atoms with Gasteiger partial charge in [-0.2, -0.15) is 0 Å². The number of aromatic nitrogens is 3. The highest BCUT2D eigenvalue weighted by Gasteiger charge is 2.08. The standard InChI is InChI=1S/C17H16ClN3OS.C2H6/c1-12(11-23-2)15-9-19-16-6-7-17(20-21(15)16)22-10-13-4-3-5-14(18)8-13;1-2/h3-9,11H,10H2,1-2H3;1-2H3/b12-11+;. The van der Waals surface area contributed by atoms with Gasteiger partial charge < -0.3 is 4.74 Å². The van der Waals surface area contributed by atoms with Crippen LogP contribution in [0.25, 0.3) is 11.2 Å². The van der Waals surface area contributed by atoms with E-state index in [0.29, 0.717) is 17.5 Å². The lowest BCUT2D eigenvalue weighted by Gasteiger charge is -2.07. The molecule has 0 atom stereocenters. The number of nitrogens with zero attached hydrogens (tertiary/aromatic N) is 3. The molecule has 0 N–H and O–H groups in total. The van der Waals surface area contributed by atoms with Crippen molar-refractivity contribution in [2.24, 2.45) is 0 Å². The molecule has 0 bridgehead atoms. The van der Waals surface area contributed by atoms with Gasteiger partial charge in [-0.25, -0.2) is 9.50 Å². The van der Waals surface area contributed by atoms with Crippen molar-refractivity contribution in [1.82, 2.24) is 14.6 Å². The summed E-state index contributed by atoms with van der Waals surface area (Å²) in [5.41, 5.74) is 3.87. The van der Waals surface area contributed by atoms with Gasteiger partial charge in [-0.1, -0.05) is 37.6 Å².